The van der Waals surface area contributed by atoms with E-state index in [1.54, 1.807) is 0 Å². The lowest BCUT2D eigenvalue weighted by atomic mass is 10.4. The Balaban J connectivity index is 2.43. The van der Waals surface area contributed by atoms with Crippen LogP contribution >= 0.6 is 0 Å². The first-order valence-electron chi connectivity index (χ1n) is 5.06. The van der Waals surface area contributed by atoms with Crippen LogP contribution in [0.25, 0.3) is 10.4 Å². The molecule has 78 valence electrons. The second-order valence-electron chi connectivity index (χ2n) is 3.43. The summed E-state index contributed by atoms with van der Waals surface area (Å²) < 4.78 is 3.98. The second kappa shape index (κ2) is 5.16. The van der Waals surface area contributed by atoms with Crippen molar-refractivity contribution in [1.82, 2.24) is 0 Å². The van der Waals surface area contributed by atoms with Gasteiger partial charge in [-0.2, -0.15) is 0 Å². The Labute approximate surface area is 95.7 Å². The van der Waals surface area contributed by atoms with Gasteiger partial charge in [0.2, 0.25) is 8.96 Å². The molecule has 0 saturated heterocycles. The van der Waals surface area contributed by atoms with Gasteiger partial charge in [0, 0.05) is 0 Å². The van der Waals surface area contributed by atoms with Crippen LogP contribution in [0, 0.1) is 0 Å². The van der Waals surface area contributed by atoms with Crippen molar-refractivity contribution in [1.29, 1.82) is 0 Å². The zero-order valence-corrected chi connectivity index (χ0v) is 9.85. The Kier molecular flexibility index (Phi) is 3.38. The molecule has 0 heterocycles. The SMILES string of the molecule is [N-]=[N+]=N[SiH](c1ccccc1)c1ccccc1. The van der Waals surface area contributed by atoms with Gasteiger partial charge >= 0.3 is 0 Å². The molecular formula is C12H11N3Si. The first kappa shape index (κ1) is 10.5. The van der Waals surface area contributed by atoms with E-state index in [0.29, 0.717) is 0 Å². The topological polar surface area (TPSA) is 48.8 Å². The van der Waals surface area contributed by atoms with Crippen LogP contribution in [0.4, 0.5) is 0 Å². The van der Waals surface area contributed by atoms with Crippen LogP contribution in [-0.2, 0) is 0 Å². The summed E-state index contributed by atoms with van der Waals surface area (Å²) in [5, 5.41) is 2.29. The summed E-state index contributed by atoms with van der Waals surface area (Å²) in [6.07, 6.45) is 0. The molecule has 2 rings (SSSR count). The summed E-state index contributed by atoms with van der Waals surface area (Å²) in [6.45, 7) is 0. The molecule has 0 aliphatic carbocycles. The summed E-state index contributed by atoms with van der Waals surface area (Å²) in [7, 11) is -1.74. The Morgan fingerprint density at radius 1 is 0.812 bits per heavy atom. The van der Waals surface area contributed by atoms with Crippen LogP contribution in [0.15, 0.2) is 65.4 Å². The lowest BCUT2D eigenvalue weighted by molar-refractivity contribution is 1.64. The fourth-order valence-corrected chi connectivity index (χ4v) is 3.58. The third-order valence-corrected chi connectivity index (χ3v) is 4.76. The molecule has 4 heteroatoms. The zero-order valence-electron chi connectivity index (χ0n) is 8.69. The molecule has 16 heavy (non-hydrogen) atoms. The highest BCUT2D eigenvalue weighted by molar-refractivity contribution is 6.83. The standard InChI is InChI=1S/C12H11N3Si/c13-14-15-16(11-7-3-1-4-8-11)12-9-5-2-6-10-12/h1-10,16H. The monoisotopic (exact) mass is 225 g/mol. The van der Waals surface area contributed by atoms with Crippen LogP contribution in [0.5, 0.6) is 0 Å². The first-order valence-corrected chi connectivity index (χ1v) is 6.73. The Hall–Kier alpha value is -2.03. The largest absolute Gasteiger partial charge is 0.202 e. The third-order valence-electron chi connectivity index (χ3n) is 2.40. The Morgan fingerprint density at radius 3 is 1.62 bits per heavy atom. The molecule has 0 aromatic heterocycles. The van der Waals surface area contributed by atoms with Crippen LogP contribution in [0.1, 0.15) is 0 Å². The van der Waals surface area contributed by atoms with Crippen molar-refractivity contribution < 1.29 is 0 Å². The van der Waals surface area contributed by atoms with Crippen LogP contribution in [0.2, 0.25) is 0 Å². The molecule has 0 fully saturated rings. The molecule has 3 nitrogen and oxygen atoms in total. The fourth-order valence-electron chi connectivity index (χ4n) is 1.65. The first-order chi connectivity index (χ1) is 7.92. The van der Waals surface area contributed by atoms with Crippen LogP contribution in [-0.4, -0.2) is 8.96 Å². The Morgan fingerprint density at radius 2 is 1.25 bits per heavy atom. The molecule has 0 saturated carbocycles. The molecule has 0 radical (unpaired) electrons. The highest BCUT2D eigenvalue weighted by Crippen LogP contribution is 1.94. The summed E-state index contributed by atoms with van der Waals surface area (Å²) >= 11 is 0. The van der Waals surface area contributed by atoms with Crippen molar-refractivity contribution in [2.75, 3.05) is 0 Å². The van der Waals surface area contributed by atoms with Gasteiger partial charge in [-0.1, -0.05) is 71.0 Å². The highest BCUT2D eigenvalue weighted by Gasteiger charge is 2.13. The minimum atomic E-state index is -1.74. The van der Waals surface area contributed by atoms with Crippen molar-refractivity contribution in [3.05, 3.63) is 71.1 Å². The van der Waals surface area contributed by atoms with Crippen LogP contribution in [0.3, 0.4) is 0 Å². The molecule has 0 unspecified atom stereocenters. The molecular weight excluding hydrogens is 214 g/mol. The summed E-state index contributed by atoms with van der Waals surface area (Å²) in [5.41, 5.74) is 8.65. The van der Waals surface area contributed by atoms with Crippen molar-refractivity contribution >= 4 is 19.3 Å². The lowest BCUT2D eigenvalue weighted by Crippen LogP contribution is -2.40. The van der Waals surface area contributed by atoms with Crippen molar-refractivity contribution in [3.8, 4) is 0 Å². The van der Waals surface area contributed by atoms with Gasteiger partial charge in [-0.05, 0) is 10.4 Å². The van der Waals surface area contributed by atoms with E-state index in [1.807, 2.05) is 60.7 Å². The molecule has 2 aromatic carbocycles. The van der Waals surface area contributed by atoms with E-state index in [4.69, 9.17) is 5.53 Å². The van der Waals surface area contributed by atoms with Crippen molar-refractivity contribution in [2.24, 2.45) is 4.78 Å². The number of azide groups is 1. The molecule has 0 N–H and O–H groups in total. The third kappa shape index (κ3) is 2.31. The maximum Gasteiger partial charge on any atom is 0.202 e. The van der Waals surface area contributed by atoms with Gasteiger partial charge in [-0.3, -0.25) is 0 Å². The molecule has 0 aliphatic rings. The predicted molar refractivity (Wildman–Crippen MR) is 68.4 cm³/mol. The van der Waals surface area contributed by atoms with E-state index in [-0.39, 0.29) is 0 Å². The van der Waals surface area contributed by atoms with E-state index in [2.05, 4.69) is 9.69 Å². The number of hydrogen-bond acceptors (Lipinski definition) is 1. The predicted octanol–water partition coefficient (Wildman–Crippen LogP) is 1.83. The summed E-state index contributed by atoms with van der Waals surface area (Å²) in [5.74, 6) is 0. The van der Waals surface area contributed by atoms with E-state index in [9.17, 15) is 0 Å². The zero-order chi connectivity index (χ0) is 11.2. The fraction of sp³-hybridized carbons (Fsp3) is 0. The molecule has 2 aromatic rings. The van der Waals surface area contributed by atoms with E-state index in [0.717, 1.165) is 10.4 Å². The van der Waals surface area contributed by atoms with Gasteiger partial charge in [0.05, 0.1) is 0 Å². The maximum absolute atomic E-state index is 8.65. The number of nitrogens with zero attached hydrogens (tertiary/aromatic N) is 3. The highest BCUT2D eigenvalue weighted by atomic mass is 28.3. The van der Waals surface area contributed by atoms with Gasteiger partial charge in [-0.25, -0.2) is 0 Å². The van der Waals surface area contributed by atoms with Gasteiger partial charge in [0.1, 0.15) is 0 Å². The summed E-state index contributed by atoms with van der Waals surface area (Å²) in [6, 6.07) is 20.0. The lowest BCUT2D eigenvalue weighted by Gasteiger charge is -2.09. The smallest absolute Gasteiger partial charge is 0.117 e. The number of rotatable bonds is 3. The second-order valence-corrected chi connectivity index (χ2v) is 5.80. The number of hydrogen-bond donors (Lipinski definition) is 0. The van der Waals surface area contributed by atoms with E-state index >= 15 is 0 Å². The minimum Gasteiger partial charge on any atom is -0.117 e. The van der Waals surface area contributed by atoms with Crippen molar-refractivity contribution in [2.45, 2.75) is 0 Å². The number of benzene rings is 2. The van der Waals surface area contributed by atoms with Crippen molar-refractivity contribution in [3.63, 3.8) is 0 Å². The molecule has 0 bridgehead atoms. The average molecular weight is 225 g/mol. The van der Waals surface area contributed by atoms with Gasteiger partial charge in [0.15, 0.2) is 0 Å². The van der Waals surface area contributed by atoms with E-state index in [1.165, 1.54) is 0 Å². The molecule has 0 aliphatic heterocycles. The Bertz CT molecular complexity index is 453. The summed E-state index contributed by atoms with van der Waals surface area (Å²) in [4.78, 5) is 2.98. The molecule has 0 amide bonds. The maximum atomic E-state index is 8.65. The minimum absolute atomic E-state index is 1.14. The van der Waals surface area contributed by atoms with Gasteiger partial charge in [0.25, 0.3) is 0 Å². The van der Waals surface area contributed by atoms with Gasteiger partial charge in [-0.15, -0.1) is 4.78 Å². The average Bonchev–Trinajstić information content (AvgIpc) is 2.38. The normalized spacial score (nSPS) is 9.81. The quantitative estimate of drug-likeness (QED) is 0.331. The van der Waals surface area contributed by atoms with Gasteiger partial charge < -0.3 is 0 Å². The molecule has 0 spiro atoms. The van der Waals surface area contributed by atoms with E-state index < -0.39 is 8.96 Å². The van der Waals surface area contributed by atoms with Crippen LogP contribution < -0.4 is 10.4 Å². The molecule has 0 atom stereocenters.